The first-order valence-corrected chi connectivity index (χ1v) is 7.82. The number of hydrogen-bond acceptors (Lipinski definition) is 2. The molecule has 0 amide bonds. The number of benzene rings is 1. The van der Waals surface area contributed by atoms with Crippen molar-refractivity contribution in [1.82, 2.24) is 5.32 Å². The minimum absolute atomic E-state index is 0.166. The summed E-state index contributed by atoms with van der Waals surface area (Å²) in [5, 5.41) is 4.12. The van der Waals surface area contributed by atoms with Crippen LogP contribution in [0.4, 0.5) is 4.39 Å². The Hall–Kier alpha value is -0.640. The molecule has 2 rings (SSSR count). The lowest BCUT2D eigenvalue weighted by Crippen LogP contribution is -2.34. The van der Waals surface area contributed by atoms with Gasteiger partial charge in [0.15, 0.2) is 0 Å². The van der Waals surface area contributed by atoms with E-state index in [2.05, 4.69) is 12.2 Å². The number of rotatable bonds is 7. The molecule has 1 heterocycles. The largest absolute Gasteiger partial charge is 0.381 e. The van der Waals surface area contributed by atoms with Gasteiger partial charge in [-0.3, -0.25) is 0 Å². The second kappa shape index (κ2) is 7.96. The van der Waals surface area contributed by atoms with Crippen molar-refractivity contribution in [2.24, 2.45) is 5.92 Å². The fourth-order valence-electron chi connectivity index (χ4n) is 2.72. The summed E-state index contributed by atoms with van der Waals surface area (Å²) in [6.45, 7) is 4.79. The maximum Gasteiger partial charge on any atom is 0.126 e. The third-order valence-electron chi connectivity index (χ3n) is 3.80. The van der Waals surface area contributed by atoms with E-state index in [-0.39, 0.29) is 11.9 Å². The summed E-state index contributed by atoms with van der Waals surface area (Å²) >= 11 is 5.97. The summed E-state index contributed by atoms with van der Waals surface area (Å²) in [5.41, 5.74) is 0.699. The van der Waals surface area contributed by atoms with E-state index < -0.39 is 0 Å². The van der Waals surface area contributed by atoms with Crippen LogP contribution in [0.15, 0.2) is 18.2 Å². The Morgan fingerprint density at radius 2 is 2.35 bits per heavy atom. The van der Waals surface area contributed by atoms with Gasteiger partial charge >= 0.3 is 0 Å². The van der Waals surface area contributed by atoms with Crippen molar-refractivity contribution in [3.05, 3.63) is 34.6 Å². The molecule has 0 saturated carbocycles. The highest BCUT2D eigenvalue weighted by atomic mass is 35.5. The highest BCUT2D eigenvalue weighted by molar-refractivity contribution is 6.30. The van der Waals surface area contributed by atoms with Crippen LogP contribution in [0.2, 0.25) is 5.02 Å². The number of nitrogens with one attached hydrogen (secondary N) is 1. The Morgan fingerprint density at radius 3 is 3.05 bits per heavy atom. The first-order valence-electron chi connectivity index (χ1n) is 7.44. The zero-order valence-electron chi connectivity index (χ0n) is 12.0. The van der Waals surface area contributed by atoms with E-state index in [0.717, 1.165) is 39.0 Å². The van der Waals surface area contributed by atoms with Crippen molar-refractivity contribution < 1.29 is 9.13 Å². The molecule has 0 bridgehead atoms. The Kier molecular flexibility index (Phi) is 6.27. The molecule has 1 aliphatic rings. The fraction of sp³-hybridized carbons (Fsp3) is 0.625. The van der Waals surface area contributed by atoms with Gasteiger partial charge in [-0.25, -0.2) is 4.39 Å². The maximum absolute atomic E-state index is 13.9. The van der Waals surface area contributed by atoms with Gasteiger partial charge in [0.25, 0.3) is 0 Å². The van der Waals surface area contributed by atoms with Crippen molar-refractivity contribution in [3.8, 4) is 0 Å². The molecule has 2 nitrogen and oxygen atoms in total. The Bertz CT molecular complexity index is 421. The van der Waals surface area contributed by atoms with E-state index in [1.54, 1.807) is 12.1 Å². The molecule has 1 N–H and O–H groups in total. The van der Waals surface area contributed by atoms with Crippen LogP contribution in [-0.2, 0) is 11.2 Å². The predicted octanol–water partition coefficient (Wildman–Crippen LogP) is 3.82. The van der Waals surface area contributed by atoms with Gasteiger partial charge < -0.3 is 10.1 Å². The molecule has 1 fully saturated rings. The van der Waals surface area contributed by atoms with Crippen molar-refractivity contribution in [3.63, 3.8) is 0 Å². The Labute approximate surface area is 125 Å². The summed E-state index contributed by atoms with van der Waals surface area (Å²) in [7, 11) is 0. The average molecular weight is 300 g/mol. The maximum atomic E-state index is 13.9. The molecule has 2 atom stereocenters. The molecule has 0 radical (unpaired) electrons. The third-order valence-corrected chi connectivity index (χ3v) is 4.03. The molecule has 20 heavy (non-hydrogen) atoms. The minimum atomic E-state index is -0.166. The average Bonchev–Trinajstić information content (AvgIpc) is 2.93. The standard InChI is InChI=1S/C16H23ClFNO/c1-2-6-19-15(8-12-5-7-20-11-12)10-13-9-14(17)3-4-16(13)18/h3-4,9,12,15,19H,2,5-8,10-11H2,1H3. The van der Waals surface area contributed by atoms with E-state index in [0.29, 0.717) is 22.9 Å². The van der Waals surface area contributed by atoms with Gasteiger partial charge in [-0.05, 0) is 61.9 Å². The summed E-state index contributed by atoms with van der Waals surface area (Å²) in [6.07, 6.45) is 3.91. The molecule has 1 aromatic rings. The van der Waals surface area contributed by atoms with E-state index in [1.165, 1.54) is 6.07 Å². The third kappa shape index (κ3) is 4.72. The molecule has 4 heteroatoms. The van der Waals surface area contributed by atoms with Crippen LogP contribution in [0.1, 0.15) is 31.7 Å². The molecular formula is C16H23ClFNO. The predicted molar refractivity (Wildman–Crippen MR) is 80.7 cm³/mol. The quantitative estimate of drug-likeness (QED) is 0.826. The fourth-order valence-corrected chi connectivity index (χ4v) is 2.92. The lowest BCUT2D eigenvalue weighted by Gasteiger charge is -2.21. The van der Waals surface area contributed by atoms with Gasteiger partial charge in [0, 0.05) is 24.3 Å². The number of ether oxygens (including phenoxy) is 1. The molecule has 0 aromatic heterocycles. The van der Waals surface area contributed by atoms with Crippen LogP contribution < -0.4 is 5.32 Å². The van der Waals surface area contributed by atoms with Gasteiger partial charge in [0.1, 0.15) is 5.82 Å². The molecule has 1 saturated heterocycles. The normalized spacial score (nSPS) is 20.2. The van der Waals surface area contributed by atoms with Crippen molar-refractivity contribution in [1.29, 1.82) is 0 Å². The molecule has 0 spiro atoms. The van der Waals surface area contributed by atoms with Crippen LogP contribution >= 0.6 is 11.6 Å². The summed E-state index contributed by atoms with van der Waals surface area (Å²) in [6, 6.07) is 5.07. The molecule has 2 unspecified atom stereocenters. The Balaban J connectivity index is 1.99. The van der Waals surface area contributed by atoms with Crippen molar-refractivity contribution in [2.75, 3.05) is 19.8 Å². The first kappa shape index (κ1) is 15.7. The van der Waals surface area contributed by atoms with Crippen LogP contribution in [0.5, 0.6) is 0 Å². The zero-order chi connectivity index (χ0) is 14.4. The molecule has 0 aliphatic carbocycles. The second-order valence-electron chi connectivity index (χ2n) is 5.56. The molecule has 112 valence electrons. The summed E-state index contributed by atoms with van der Waals surface area (Å²) in [5.74, 6) is 0.423. The topological polar surface area (TPSA) is 21.3 Å². The smallest absolute Gasteiger partial charge is 0.126 e. The first-order chi connectivity index (χ1) is 9.69. The van der Waals surface area contributed by atoms with Crippen molar-refractivity contribution in [2.45, 2.75) is 38.6 Å². The van der Waals surface area contributed by atoms with Gasteiger partial charge in [-0.15, -0.1) is 0 Å². The Morgan fingerprint density at radius 1 is 1.50 bits per heavy atom. The highest BCUT2D eigenvalue weighted by Gasteiger charge is 2.21. The van der Waals surface area contributed by atoms with E-state index >= 15 is 0 Å². The van der Waals surface area contributed by atoms with E-state index in [4.69, 9.17) is 16.3 Å². The van der Waals surface area contributed by atoms with Crippen molar-refractivity contribution >= 4 is 11.6 Å². The number of halogens is 2. The van der Waals surface area contributed by atoms with Crippen LogP contribution in [0.3, 0.4) is 0 Å². The summed E-state index contributed by atoms with van der Waals surface area (Å²) in [4.78, 5) is 0. The van der Waals surface area contributed by atoms with E-state index in [1.807, 2.05) is 0 Å². The van der Waals surface area contributed by atoms with Gasteiger partial charge in [0.05, 0.1) is 0 Å². The van der Waals surface area contributed by atoms with Gasteiger partial charge in [0.2, 0.25) is 0 Å². The molecule has 1 aliphatic heterocycles. The van der Waals surface area contributed by atoms with Gasteiger partial charge in [-0.2, -0.15) is 0 Å². The van der Waals surface area contributed by atoms with Crippen LogP contribution in [-0.4, -0.2) is 25.8 Å². The second-order valence-corrected chi connectivity index (χ2v) is 5.99. The van der Waals surface area contributed by atoms with E-state index in [9.17, 15) is 4.39 Å². The lowest BCUT2D eigenvalue weighted by atomic mass is 9.94. The minimum Gasteiger partial charge on any atom is -0.381 e. The lowest BCUT2D eigenvalue weighted by molar-refractivity contribution is 0.181. The monoisotopic (exact) mass is 299 g/mol. The molecular weight excluding hydrogens is 277 g/mol. The SMILES string of the molecule is CCCNC(Cc1cc(Cl)ccc1F)CC1CCOC1. The molecule has 1 aromatic carbocycles. The van der Waals surface area contributed by atoms with Gasteiger partial charge in [-0.1, -0.05) is 18.5 Å². The zero-order valence-corrected chi connectivity index (χ0v) is 12.8. The number of hydrogen-bond donors (Lipinski definition) is 1. The highest BCUT2D eigenvalue weighted by Crippen LogP contribution is 2.22. The van der Waals surface area contributed by atoms with Crippen LogP contribution in [0, 0.1) is 11.7 Å². The van der Waals surface area contributed by atoms with Crippen LogP contribution in [0.25, 0.3) is 0 Å². The summed E-state index contributed by atoms with van der Waals surface area (Å²) < 4.78 is 19.3.